The van der Waals surface area contributed by atoms with Crippen LogP contribution in [0.5, 0.6) is 0 Å². The Morgan fingerprint density at radius 3 is 2.75 bits per heavy atom. The SMILES string of the molecule is CC(NN)c1ccc(Cl)cc1F. The molecular formula is C8H10ClFN2. The smallest absolute Gasteiger partial charge is 0.129 e. The summed E-state index contributed by atoms with van der Waals surface area (Å²) in [4.78, 5) is 0. The Bertz CT molecular complexity index is 278. The van der Waals surface area contributed by atoms with E-state index < -0.39 is 0 Å². The number of hydrazine groups is 1. The lowest BCUT2D eigenvalue weighted by atomic mass is 10.1. The van der Waals surface area contributed by atoms with Gasteiger partial charge in [0.25, 0.3) is 0 Å². The van der Waals surface area contributed by atoms with E-state index in [1.165, 1.54) is 6.07 Å². The Hall–Kier alpha value is -0.640. The fourth-order valence-electron chi connectivity index (χ4n) is 0.942. The van der Waals surface area contributed by atoms with Crippen LogP contribution in [0.25, 0.3) is 0 Å². The van der Waals surface area contributed by atoms with Gasteiger partial charge in [-0.1, -0.05) is 17.7 Å². The molecule has 1 aromatic rings. The summed E-state index contributed by atoms with van der Waals surface area (Å²) in [6.45, 7) is 1.77. The van der Waals surface area contributed by atoms with Crippen LogP contribution in [0.1, 0.15) is 18.5 Å². The normalized spacial score (nSPS) is 13.0. The second-order valence-electron chi connectivity index (χ2n) is 2.55. The largest absolute Gasteiger partial charge is 0.271 e. The molecule has 3 N–H and O–H groups in total. The van der Waals surface area contributed by atoms with Crippen LogP contribution in [0.2, 0.25) is 5.02 Å². The summed E-state index contributed by atoms with van der Waals surface area (Å²) in [5.74, 6) is 4.82. The molecule has 0 amide bonds. The van der Waals surface area contributed by atoms with E-state index in [-0.39, 0.29) is 11.9 Å². The van der Waals surface area contributed by atoms with Gasteiger partial charge in [-0.3, -0.25) is 11.3 Å². The number of hydrogen-bond donors (Lipinski definition) is 2. The van der Waals surface area contributed by atoms with E-state index in [0.29, 0.717) is 10.6 Å². The van der Waals surface area contributed by atoms with Crippen molar-refractivity contribution < 1.29 is 4.39 Å². The van der Waals surface area contributed by atoms with Crippen LogP contribution in [0.3, 0.4) is 0 Å². The Morgan fingerprint density at radius 2 is 2.25 bits per heavy atom. The minimum absolute atomic E-state index is 0.206. The third-order valence-electron chi connectivity index (χ3n) is 1.68. The van der Waals surface area contributed by atoms with E-state index in [0.717, 1.165) is 0 Å². The number of nitrogens with two attached hydrogens (primary N) is 1. The molecule has 1 rings (SSSR count). The number of nitrogens with one attached hydrogen (secondary N) is 1. The zero-order chi connectivity index (χ0) is 9.14. The van der Waals surface area contributed by atoms with Gasteiger partial charge in [0.1, 0.15) is 5.82 Å². The fraction of sp³-hybridized carbons (Fsp3) is 0.250. The van der Waals surface area contributed by atoms with E-state index in [1.54, 1.807) is 19.1 Å². The molecule has 0 saturated carbocycles. The standard InChI is InChI=1S/C8H10ClFN2/c1-5(12-11)7-3-2-6(9)4-8(7)10/h2-5,12H,11H2,1H3. The van der Waals surface area contributed by atoms with Crippen LogP contribution < -0.4 is 11.3 Å². The minimum atomic E-state index is -0.340. The fourth-order valence-corrected chi connectivity index (χ4v) is 1.10. The van der Waals surface area contributed by atoms with Gasteiger partial charge >= 0.3 is 0 Å². The third kappa shape index (κ3) is 1.94. The van der Waals surface area contributed by atoms with Gasteiger partial charge < -0.3 is 0 Å². The van der Waals surface area contributed by atoms with Crippen molar-refractivity contribution in [2.24, 2.45) is 5.84 Å². The zero-order valence-corrected chi connectivity index (χ0v) is 7.40. The molecule has 12 heavy (non-hydrogen) atoms. The number of benzene rings is 1. The lowest BCUT2D eigenvalue weighted by Crippen LogP contribution is -2.26. The molecule has 0 aliphatic rings. The molecule has 0 aromatic heterocycles. The maximum absolute atomic E-state index is 13.1. The van der Waals surface area contributed by atoms with Crippen LogP contribution in [-0.2, 0) is 0 Å². The molecule has 2 nitrogen and oxygen atoms in total. The second-order valence-corrected chi connectivity index (χ2v) is 2.99. The Kier molecular flexibility index (Phi) is 3.03. The van der Waals surface area contributed by atoms with E-state index in [2.05, 4.69) is 5.43 Å². The molecule has 0 radical (unpaired) electrons. The lowest BCUT2D eigenvalue weighted by Gasteiger charge is -2.10. The predicted molar refractivity (Wildman–Crippen MR) is 47.1 cm³/mol. The molecule has 0 spiro atoms. The first-order valence-electron chi connectivity index (χ1n) is 3.56. The topological polar surface area (TPSA) is 38.0 Å². The average Bonchev–Trinajstić information content (AvgIpc) is 2.03. The minimum Gasteiger partial charge on any atom is -0.271 e. The Morgan fingerprint density at radius 1 is 1.58 bits per heavy atom. The zero-order valence-electron chi connectivity index (χ0n) is 6.64. The molecule has 66 valence electrons. The van der Waals surface area contributed by atoms with Crippen molar-refractivity contribution in [3.8, 4) is 0 Å². The first kappa shape index (κ1) is 9.45. The molecule has 1 aromatic carbocycles. The molecule has 4 heteroatoms. The number of rotatable bonds is 2. The quantitative estimate of drug-likeness (QED) is 0.551. The summed E-state index contributed by atoms with van der Waals surface area (Å²) in [6.07, 6.45) is 0. The molecular weight excluding hydrogens is 179 g/mol. The molecule has 0 heterocycles. The van der Waals surface area contributed by atoms with Crippen molar-refractivity contribution in [1.82, 2.24) is 5.43 Å². The van der Waals surface area contributed by atoms with Crippen LogP contribution in [0.15, 0.2) is 18.2 Å². The van der Waals surface area contributed by atoms with Crippen molar-refractivity contribution in [3.05, 3.63) is 34.6 Å². The van der Waals surface area contributed by atoms with Gasteiger partial charge in [0.05, 0.1) is 0 Å². The van der Waals surface area contributed by atoms with Crippen LogP contribution in [0.4, 0.5) is 4.39 Å². The highest BCUT2D eigenvalue weighted by atomic mass is 35.5. The summed E-state index contributed by atoms with van der Waals surface area (Å²) in [6, 6.07) is 4.31. The van der Waals surface area contributed by atoms with Gasteiger partial charge in [-0.25, -0.2) is 4.39 Å². The van der Waals surface area contributed by atoms with Crippen LogP contribution >= 0.6 is 11.6 Å². The lowest BCUT2D eigenvalue weighted by molar-refractivity contribution is 0.542. The molecule has 0 bridgehead atoms. The molecule has 0 aliphatic heterocycles. The van der Waals surface area contributed by atoms with Crippen LogP contribution in [-0.4, -0.2) is 0 Å². The van der Waals surface area contributed by atoms with E-state index in [4.69, 9.17) is 17.4 Å². The van der Waals surface area contributed by atoms with Crippen LogP contribution in [0, 0.1) is 5.82 Å². The maximum atomic E-state index is 13.1. The Labute approximate surface area is 75.5 Å². The van der Waals surface area contributed by atoms with Gasteiger partial charge in [0.15, 0.2) is 0 Å². The summed E-state index contributed by atoms with van der Waals surface area (Å²) in [5.41, 5.74) is 2.97. The van der Waals surface area contributed by atoms with Gasteiger partial charge in [0, 0.05) is 16.6 Å². The van der Waals surface area contributed by atoms with Gasteiger partial charge in [-0.05, 0) is 19.1 Å². The Balaban J connectivity index is 3.01. The molecule has 0 aliphatic carbocycles. The van der Waals surface area contributed by atoms with Gasteiger partial charge in [-0.2, -0.15) is 0 Å². The van der Waals surface area contributed by atoms with E-state index >= 15 is 0 Å². The number of hydrogen-bond acceptors (Lipinski definition) is 2. The highest BCUT2D eigenvalue weighted by molar-refractivity contribution is 6.30. The van der Waals surface area contributed by atoms with Gasteiger partial charge in [0.2, 0.25) is 0 Å². The van der Waals surface area contributed by atoms with Gasteiger partial charge in [-0.15, -0.1) is 0 Å². The van der Waals surface area contributed by atoms with Crippen molar-refractivity contribution in [1.29, 1.82) is 0 Å². The van der Waals surface area contributed by atoms with Crippen molar-refractivity contribution >= 4 is 11.6 Å². The second kappa shape index (κ2) is 3.85. The molecule has 0 fully saturated rings. The highest BCUT2D eigenvalue weighted by Crippen LogP contribution is 2.19. The summed E-state index contributed by atoms with van der Waals surface area (Å²) in [5, 5.41) is 0.389. The van der Waals surface area contributed by atoms with Crippen molar-refractivity contribution in [2.45, 2.75) is 13.0 Å². The summed E-state index contributed by atoms with van der Waals surface area (Å²) >= 11 is 5.57. The molecule has 1 atom stereocenters. The highest BCUT2D eigenvalue weighted by Gasteiger charge is 2.08. The summed E-state index contributed by atoms with van der Waals surface area (Å²) < 4.78 is 13.1. The first-order chi connectivity index (χ1) is 5.65. The summed E-state index contributed by atoms with van der Waals surface area (Å²) in [7, 11) is 0. The predicted octanol–water partition coefficient (Wildman–Crippen LogP) is 2.00. The first-order valence-corrected chi connectivity index (χ1v) is 3.94. The monoisotopic (exact) mass is 188 g/mol. The van der Waals surface area contributed by atoms with Crippen molar-refractivity contribution in [2.75, 3.05) is 0 Å². The maximum Gasteiger partial charge on any atom is 0.129 e. The molecule has 0 saturated heterocycles. The molecule has 1 unspecified atom stereocenters. The van der Waals surface area contributed by atoms with E-state index in [9.17, 15) is 4.39 Å². The average molecular weight is 189 g/mol. The van der Waals surface area contributed by atoms with E-state index in [1.807, 2.05) is 0 Å². The van der Waals surface area contributed by atoms with Crippen molar-refractivity contribution in [3.63, 3.8) is 0 Å². The third-order valence-corrected chi connectivity index (χ3v) is 1.91. The number of halogens is 2.